The number of benzene rings is 1. The van der Waals surface area contributed by atoms with Gasteiger partial charge >= 0.3 is 0 Å². The Kier molecular flexibility index (Phi) is 2.49. The molecule has 1 aromatic carbocycles. The third kappa shape index (κ3) is 1.82. The van der Waals surface area contributed by atoms with Gasteiger partial charge in [0.15, 0.2) is 5.82 Å². The van der Waals surface area contributed by atoms with Gasteiger partial charge in [0.2, 0.25) is 0 Å². The maximum atomic E-state index is 5.75. The second kappa shape index (κ2) is 4.29. The van der Waals surface area contributed by atoms with Crippen molar-refractivity contribution in [1.29, 1.82) is 0 Å². The molecule has 0 aliphatic carbocycles. The van der Waals surface area contributed by atoms with Crippen LogP contribution in [0, 0.1) is 0 Å². The van der Waals surface area contributed by atoms with Crippen molar-refractivity contribution >= 4 is 5.82 Å². The minimum atomic E-state index is 0.539. The van der Waals surface area contributed by atoms with Crippen LogP contribution in [0.5, 0.6) is 0 Å². The largest absolute Gasteiger partial charge is 0.384 e. The van der Waals surface area contributed by atoms with Gasteiger partial charge in [-0.05, 0) is 12.1 Å². The van der Waals surface area contributed by atoms with Gasteiger partial charge in [0.05, 0.1) is 11.9 Å². The van der Waals surface area contributed by atoms with Crippen LogP contribution in [-0.2, 0) is 0 Å². The Balaban J connectivity index is 1.97. The molecule has 2 aromatic heterocycles. The van der Waals surface area contributed by atoms with Crippen LogP contribution in [0.25, 0.3) is 17.1 Å². The maximum absolute atomic E-state index is 5.75. The predicted octanol–water partition coefficient (Wildman–Crippen LogP) is 1.91. The second-order valence-electron chi connectivity index (χ2n) is 3.81. The number of hydrogen-bond acceptors (Lipinski definition) is 4. The molecule has 88 valence electrons. The van der Waals surface area contributed by atoms with Gasteiger partial charge in [0.1, 0.15) is 5.82 Å². The van der Waals surface area contributed by atoms with Gasteiger partial charge in [0.25, 0.3) is 0 Å². The van der Waals surface area contributed by atoms with E-state index in [0.717, 1.165) is 11.3 Å². The standard InChI is InChI=1S/C13H11N5/c14-12-8-9-15-18(12)13-7-6-11(16-17-13)10-4-2-1-3-5-10/h1-9H,14H2. The molecule has 5 nitrogen and oxygen atoms in total. The van der Waals surface area contributed by atoms with E-state index in [1.54, 1.807) is 16.9 Å². The van der Waals surface area contributed by atoms with Crippen LogP contribution in [0.3, 0.4) is 0 Å². The summed E-state index contributed by atoms with van der Waals surface area (Å²) in [5.41, 5.74) is 7.61. The van der Waals surface area contributed by atoms with Crippen LogP contribution in [0.2, 0.25) is 0 Å². The highest BCUT2D eigenvalue weighted by Crippen LogP contribution is 2.16. The van der Waals surface area contributed by atoms with E-state index in [4.69, 9.17) is 5.73 Å². The Morgan fingerprint density at radius 2 is 1.72 bits per heavy atom. The lowest BCUT2D eigenvalue weighted by molar-refractivity contribution is 0.825. The topological polar surface area (TPSA) is 69.6 Å². The summed E-state index contributed by atoms with van der Waals surface area (Å²) < 4.78 is 1.54. The Hall–Kier alpha value is -2.69. The molecular weight excluding hydrogens is 226 g/mol. The first-order valence-electron chi connectivity index (χ1n) is 5.53. The van der Waals surface area contributed by atoms with Crippen molar-refractivity contribution in [3.63, 3.8) is 0 Å². The minimum absolute atomic E-state index is 0.539. The Morgan fingerprint density at radius 3 is 2.33 bits per heavy atom. The van der Waals surface area contributed by atoms with E-state index < -0.39 is 0 Å². The molecule has 0 atom stereocenters. The second-order valence-corrected chi connectivity index (χ2v) is 3.81. The van der Waals surface area contributed by atoms with Crippen LogP contribution < -0.4 is 5.73 Å². The van der Waals surface area contributed by atoms with Gasteiger partial charge in [0, 0.05) is 11.6 Å². The van der Waals surface area contributed by atoms with E-state index in [1.807, 2.05) is 42.5 Å². The van der Waals surface area contributed by atoms with Gasteiger partial charge in [-0.1, -0.05) is 30.3 Å². The van der Waals surface area contributed by atoms with E-state index in [0.29, 0.717) is 11.6 Å². The average Bonchev–Trinajstić information content (AvgIpc) is 2.86. The molecule has 5 heteroatoms. The molecule has 0 saturated carbocycles. The molecule has 0 saturated heterocycles. The number of nitrogens with zero attached hydrogens (tertiary/aromatic N) is 4. The first-order valence-corrected chi connectivity index (χ1v) is 5.53. The summed E-state index contributed by atoms with van der Waals surface area (Å²) in [7, 11) is 0. The lowest BCUT2D eigenvalue weighted by Crippen LogP contribution is -2.04. The van der Waals surface area contributed by atoms with E-state index in [-0.39, 0.29) is 0 Å². The molecule has 3 aromatic rings. The van der Waals surface area contributed by atoms with E-state index in [1.165, 1.54) is 0 Å². The highest BCUT2D eigenvalue weighted by molar-refractivity contribution is 5.58. The number of aromatic nitrogens is 4. The molecule has 0 fully saturated rings. The molecule has 3 rings (SSSR count). The van der Waals surface area contributed by atoms with Crippen molar-refractivity contribution in [2.75, 3.05) is 5.73 Å². The van der Waals surface area contributed by atoms with Crippen molar-refractivity contribution in [2.24, 2.45) is 0 Å². The van der Waals surface area contributed by atoms with E-state index in [2.05, 4.69) is 15.3 Å². The summed E-state index contributed by atoms with van der Waals surface area (Å²) >= 11 is 0. The zero-order valence-corrected chi connectivity index (χ0v) is 9.56. The van der Waals surface area contributed by atoms with Gasteiger partial charge < -0.3 is 5.73 Å². The fourth-order valence-electron chi connectivity index (χ4n) is 1.71. The first-order chi connectivity index (χ1) is 8.84. The average molecular weight is 237 g/mol. The maximum Gasteiger partial charge on any atom is 0.178 e. The van der Waals surface area contributed by atoms with Crippen molar-refractivity contribution in [2.45, 2.75) is 0 Å². The summed E-state index contributed by atoms with van der Waals surface area (Å²) in [5.74, 6) is 1.15. The Labute approximate surface area is 104 Å². The van der Waals surface area contributed by atoms with Crippen LogP contribution in [0.1, 0.15) is 0 Å². The zero-order valence-electron chi connectivity index (χ0n) is 9.56. The normalized spacial score (nSPS) is 10.4. The Bertz CT molecular complexity index is 643. The molecule has 0 aliphatic heterocycles. The predicted molar refractivity (Wildman–Crippen MR) is 69.0 cm³/mol. The van der Waals surface area contributed by atoms with Crippen molar-refractivity contribution in [3.8, 4) is 17.1 Å². The van der Waals surface area contributed by atoms with E-state index in [9.17, 15) is 0 Å². The zero-order chi connectivity index (χ0) is 12.4. The number of nitrogen functional groups attached to an aromatic ring is 1. The fourth-order valence-corrected chi connectivity index (χ4v) is 1.71. The van der Waals surface area contributed by atoms with Crippen LogP contribution in [0.15, 0.2) is 54.7 Å². The molecular formula is C13H11N5. The molecule has 0 unspecified atom stereocenters. The SMILES string of the molecule is Nc1ccnn1-c1ccc(-c2ccccc2)nn1. The quantitative estimate of drug-likeness (QED) is 0.739. The summed E-state index contributed by atoms with van der Waals surface area (Å²) in [6.45, 7) is 0. The highest BCUT2D eigenvalue weighted by atomic mass is 15.4. The fraction of sp³-hybridized carbons (Fsp3) is 0. The monoisotopic (exact) mass is 237 g/mol. The van der Waals surface area contributed by atoms with Gasteiger partial charge in [-0.3, -0.25) is 0 Å². The molecule has 18 heavy (non-hydrogen) atoms. The third-order valence-corrected chi connectivity index (χ3v) is 2.61. The minimum Gasteiger partial charge on any atom is -0.384 e. The molecule has 2 N–H and O–H groups in total. The van der Waals surface area contributed by atoms with Crippen molar-refractivity contribution in [3.05, 3.63) is 54.7 Å². The molecule has 0 aliphatic rings. The highest BCUT2D eigenvalue weighted by Gasteiger charge is 2.04. The molecule has 0 radical (unpaired) electrons. The van der Waals surface area contributed by atoms with Gasteiger partial charge in [-0.25, -0.2) is 0 Å². The molecule has 0 amide bonds. The molecule has 0 spiro atoms. The molecule has 2 heterocycles. The summed E-state index contributed by atoms with van der Waals surface area (Å²) in [4.78, 5) is 0. The smallest absolute Gasteiger partial charge is 0.178 e. The van der Waals surface area contributed by atoms with Crippen molar-refractivity contribution < 1.29 is 0 Å². The first kappa shape index (κ1) is 10.5. The summed E-state index contributed by atoms with van der Waals surface area (Å²) in [6.07, 6.45) is 1.63. The lowest BCUT2D eigenvalue weighted by Gasteiger charge is -2.03. The Morgan fingerprint density at radius 1 is 0.889 bits per heavy atom. The van der Waals surface area contributed by atoms with Crippen LogP contribution in [0.4, 0.5) is 5.82 Å². The van der Waals surface area contributed by atoms with Gasteiger partial charge in [-0.2, -0.15) is 9.78 Å². The number of nitrogens with two attached hydrogens (primary N) is 1. The van der Waals surface area contributed by atoms with Crippen LogP contribution in [-0.4, -0.2) is 20.0 Å². The van der Waals surface area contributed by atoms with E-state index >= 15 is 0 Å². The summed E-state index contributed by atoms with van der Waals surface area (Å²) in [6, 6.07) is 15.4. The molecule has 0 bridgehead atoms. The third-order valence-electron chi connectivity index (χ3n) is 2.61. The van der Waals surface area contributed by atoms with Gasteiger partial charge in [-0.15, -0.1) is 10.2 Å². The number of hydrogen-bond donors (Lipinski definition) is 1. The number of rotatable bonds is 2. The van der Waals surface area contributed by atoms with Crippen LogP contribution >= 0.6 is 0 Å². The summed E-state index contributed by atoms with van der Waals surface area (Å²) in [5, 5.41) is 12.4. The lowest BCUT2D eigenvalue weighted by atomic mass is 10.1. The number of anilines is 1. The van der Waals surface area contributed by atoms with Crippen molar-refractivity contribution in [1.82, 2.24) is 20.0 Å².